The quantitative estimate of drug-likeness (QED) is 0.418. The summed E-state index contributed by atoms with van der Waals surface area (Å²) in [7, 11) is 2.73. The molecule has 0 atom stereocenters. The molecule has 3 N–H and O–H groups in total. The number of thioether (sulfide) groups is 1. The number of anilines is 3. The van der Waals surface area contributed by atoms with Crippen LogP contribution in [-0.4, -0.2) is 30.9 Å². The van der Waals surface area contributed by atoms with E-state index >= 15 is 0 Å². The van der Waals surface area contributed by atoms with E-state index in [0.29, 0.717) is 9.47 Å². The molecule has 0 aliphatic rings. The monoisotopic (exact) mass is 446 g/mol. The maximum Gasteiger partial charge on any atom is 0.332 e. The van der Waals surface area contributed by atoms with Gasteiger partial charge >= 0.3 is 5.69 Å². The normalized spacial score (nSPS) is 10.9. The van der Waals surface area contributed by atoms with Crippen molar-refractivity contribution in [1.29, 1.82) is 0 Å². The molecular weight excluding hydrogens is 424 g/mol. The third-order valence-electron chi connectivity index (χ3n) is 4.69. The van der Waals surface area contributed by atoms with Gasteiger partial charge in [-0.3, -0.25) is 18.7 Å². The number of hydrogen-bond donors (Lipinski definition) is 2. The molecule has 0 fully saturated rings. The molecule has 0 bridgehead atoms. The number of nitrogens with zero attached hydrogens (tertiary/aromatic N) is 4. The SMILES string of the molecule is CCc1cccc(C)c1Nc1nnc(SCC(=O)c2c(N)n(C)c(=O)n(C)c2=O)s1. The van der Waals surface area contributed by atoms with Gasteiger partial charge in [-0.1, -0.05) is 48.2 Å². The molecule has 1 aromatic carbocycles. The van der Waals surface area contributed by atoms with Crippen molar-refractivity contribution in [2.75, 3.05) is 16.8 Å². The average Bonchev–Trinajstić information content (AvgIpc) is 3.18. The zero-order chi connectivity index (χ0) is 22.0. The second kappa shape index (κ2) is 8.84. The van der Waals surface area contributed by atoms with Gasteiger partial charge in [0.05, 0.1) is 5.75 Å². The van der Waals surface area contributed by atoms with E-state index in [1.54, 1.807) is 0 Å². The number of carbonyl (C=O) groups is 1. The van der Waals surface area contributed by atoms with Crippen molar-refractivity contribution in [2.45, 2.75) is 24.6 Å². The van der Waals surface area contributed by atoms with Crippen LogP contribution in [0.1, 0.15) is 28.4 Å². The number of nitrogen functional groups attached to an aromatic ring is 1. The van der Waals surface area contributed by atoms with Crippen molar-refractivity contribution >= 4 is 45.5 Å². The Labute approximate surface area is 181 Å². The molecule has 0 unspecified atom stereocenters. The van der Waals surface area contributed by atoms with Crippen LogP contribution in [0.3, 0.4) is 0 Å². The van der Waals surface area contributed by atoms with E-state index in [2.05, 4.69) is 28.5 Å². The van der Waals surface area contributed by atoms with E-state index in [4.69, 9.17) is 5.73 Å². The van der Waals surface area contributed by atoms with Crippen molar-refractivity contribution in [3.05, 3.63) is 55.7 Å². The molecule has 0 amide bonds. The maximum atomic E-state index is 12.6. The van der Waals surface area contributed by atoms with Gasteiger partial charge in [0.2, 0.25) is 5.13 Å². The molecule has 0 saturated carbocycles. The Morgan fingerprint density at radius 2 is 1.97 bits per heavy atom. The molecule has 11 heteroatoms. The molecule has 9 nitrogen and oxygen atoms in total. The maximum absolute atomic E-state index is 12.6. The minimum atomic E-state index is -0.701. The molecule has 2 aromatic heterocycles. The van der Waals surface area contributed by atoms with E-state index < -0.39 is 17.0 Å². The Balaban J connectivity index is 1.75. The summed E-state index contributed by atoms with van der Waals surface area (Å²) >= 11 is 2.48. The number of benzene rings is 1. The third kappa shape index (κ3) is 4.17. The minimum absolute atomic E-state index is 0.0448. The van der Waals surface area contributed by atoms with E-state index in [1.165, 1.54) is 42.8 Å². The Bertz CT molecular complexity index is 1230. The lowest BCUT2D eigenvalue weighted by Gasteiger charge is -2.11. The summed E-state index contributed by atoms with van der Waals surface area (Å²) in [6, 6.07) is 6.10. The third-order valence-corrected chi connectivity index (χ3v) is 6.67. The fourth-order valence-corrected chi connectivity index (χ4v) is 4.58. The summed E-state index contributed by atoms with van der Waals surface area (Å²) in [5.74, 6) is -0.651. The summed E-state index contributed by atoms with van der Waals surface area (Å²) in [6.07, 6.45) is 0.884. The van der Waals surface area contributed by atoms with Crippen LogP contribution < -0.4 is 22.3 Å². The molecule has 158 valence electrons. The summed E-state index contributed by atoms with van der Waals surface area (Å²) in [5, 5.41) is 12.2. The van der Waals surface area contributed by atoms with E-state index in [0.717, 1.165) is 26.8 Å². The molecule has 0 saturated heterocycles. The second-order valence-corrected chi connectivity index (χ2v) is 8.84. The smallest absolute Gasteiger partial charge is 0.332 e. The van der Waals surface area contributed by atoms with Crippen molar-refractivity contribution in [2.24, 2.45) is 14.1 Å². The van der Waals surface area contributed by atoms with Crippen LogP contribution in [0, 0.1) is 6.92 Å². The van der Waals surface area contributed by atoms with Crippen LogP contribution in [0.4, 0.5) is 16.6 Å². The van der Waals surface area contributed by atoms with Crippen molar-refractivity contribution < 1.29 is 4.79 Å². The fourth-order valence-electron chi connectivity index (χ4n) is 2.95. The summed E-state index contributed by atoms with van der Waals surface area (Å²) in [5.41, 5.74) is 7.65. The number of Topliss-reactive ketones (excluding diaryl/α,β-unsaturated/α-hetero) is 1. The first-order valence-corrected chi connectivity index (χ1v) is 10.9. The van der Waals surface area contributed by atoms with Gasteiger partial charge in [0, 0.05) is 19.8 Å². The number of rotatable bonds is 7. The Morgan fingerprint density at radius 3 is 2.67 bits per heavy atom. The van der Waals surface area contributed by atoms with Gasteiger partial charge in [0.1, 0.15) is 11.4 Å². The van der Waals surface area contributed by atoms with E-state index in [9.17, 15) is 14.4 Å². The topological polar surface area (TPSA) is 125 Å². The molecule has 0 aliphatic carbocycles. The van der Waals surface area contributed by atoms with Crippen molar-refractivity contribution in [3.63, 3.8) is 0 Å². The van der Waals surface area contributed by atoms with Crippen LogP contribution in [0.15, 0.2) is 32.1 Å². The van der Waals surface area contributed by atoms with E-state index in [-0.39, 0.29) is 17.1 Å². The molecule has 0 radical (unpaired) electrons. The van der Waals surface area contributed by atoms with Crippen LogP contribution >= 0.6 is 23.1 Å². The molecule has 0 spiro atoms. The van der Waals surface area contributed by atoms with Gasteiger partial charge in [-0.05, 0) is 24.5 Å². The van der Waals surface area contributed by atoms with Crippen molar-refractivity contribution in [1.82, 2.24) is 19.3 Å². The summed E-state index contributed by atoms with van der Waals surface area (Å²) < 4.78 is 2.53. The number of para-hydroxylation sites is 1. The zero-order valence-electron chi connectivity index (χ0n) is 17.1. The highest BCUT2D eigenvalue weighted by atomic mass is 32.2. The highest BCUT2D eigenvalue weighted by Gasteiger charge is 2.21. The number of ketones is 1. The predicted molar refractivity (Wildman–Crippen MR) is 120 cm³/mol. The number of carbonyl (C=O) groups excluding carboxylic acids is 1. The first-order valence-electron chi connectivity index (χ1n) is 9.15. The number of aryl methyl sites for hydroxylation is 2. The minimum Gasteiger partial charge on any atom is -0.384 e. The summed E-state index contributed by atoms with van der Waals surface area (Å²) in [6.45, 7) is 4.11. The number of hydrogen-bond acceptors (Lipinski definition) is 9. The fraction of sp³-hybridized carbons (Fsp3) is 0.316. The first kappa shape index (κ1) is 21.8. The second-order valence-electron chi connectivity index (χ2n) is 6.64. The van der Waals surface area contributed by atoms with Crippen LogP contribution in [-0.2, 0) is 20.5 Å². The Kier molecular flexibility index (Phi) is 6.42. The van der Waals surface area contributed by atoms with Gasteiger partial charge in [0.15, 0.2) is 10.1 Å². The van der Waals surface area contributed by atoms with Gasteiger partial charge in [-0.15, -0.1) is 10.2 Å². The standard InChI is InChI=1S/C19H22N6O3S2/c1-5-11-8-6-7-10(2)14(11)21-17-22-23-18(30-17)29-9-12(26)13-15(20)24(3)19(28)25(4)16(13)27/h6-8H,5,9,20H2,1-4H3,(H,21,22). The lowest BCUT2D eigenvalue weighted by atomic mass is 10.1. The van der Waals surface area contributed by atoms with Gasteiger partial charge < -0.3 is 11.1 Å². The van der Waals surface area contributed by atoms with Gasteiger partial charge in [-0.25, -0.2) is 4.79 Å². The lowest BCUT2D eigenvalue weighted by molar-refractivity contribution is 0.102. The zero-order valence-corrected chi connectivity index (χ0v) is 18.7. The molecule has 0 aliphatic heterocycles. The lowest BCUT2D eigenvalue weighted by Crippen LogP contribution is -2.41. The molecular formula is C19H22N6O3S2. The van der Waals surface area contributed by atoms with Crippen LogP contribution in [0.2, 0.25) is 0 Å². The molecule has 2 heterocycles. The Hall–Kier alpha value is -2.92. The molecule has 30 heavy (non-hydrogen) atoms. The number of nitrogens with one attached hydrogen (secondary N) is 1. The first-order chi connectivity index (χ1) is 14.2. The van der Waals surface area contributed by atoms with Crippen LogP contribution in [0.25, 0.3) is 0 Å². The van der Waals surface area contributed by atoms with Crippen LogP contribution in [0.5, 0.6) is 0 Å². The molecule has 3 aromatic rings. The highest BCUT2D eigenvalue weighted by molar-refractivity contribution is 8.01. The molecule has 3 rings (SSSR count). The predicted octanol–water partition coefficient (Wildman–Crippen LogP) is 2.11. The van der Waals surface area contributed by atoms with Gasteiger partial charge in [0.25, 0.3) is 5.56 Å². The van der Waals surface area contributed by atoms with Gasteiger partial charge in [-0.2, -0.15) is 0 Å². The Morgan fingerprint density at radius 1 is 1.23 bits per heavy atom. The van der Waals surface area contributed by atoms with Crippen molar-refractivity contribution in [3.8, 4) is 0 Å². The highest BCUT2D eigenvalue weighted by Crippen LogP contribution is 2.31. The number of nitrogens with two attached hydrogens (primary N) is 1. The van der Waals surface area contributed by atoms with E-state index in [1.807, 2.05) is 19.1 Å². The summed E-state index contributed by atoms with van der Waals surface area (Å²) in [4.78, 5) is 36.8. The average molecular weight is 447 g/mol. The number of aromatic nitrogens is 4. The largest absolute Gasteiger partial charge is 0.384 e.